The minimum atomic E-state index is -0.377. The first-order valence-corrected chi connectivity index (χ1v) is 6.50. The summed E-state index contributed by atoms with van der Waals surface area (Å²) in [5.74, 6) is -0.755. The van der Waals surface area contributed by atoms with Gasteiger partial charge in [-0.25, -0.2) is 0 Å². The molecule has 20 heavy (non-hydrogen) atoms. The average Bonchev–Trinajstić information content (AvgIpc) is 2.38. The van der Waals surface area contributed by atoms with Gasteiger partial charge < -0.3 is 30.4 Å². The molecule has 0 aromatic heterocycles. The van der Waals surface area contributed by atoms with Crippen LogP contribution in [0.25, 0.3) is 0 Å². The highest BCUT2D eigenvalue weighted by atomic mass is 16.6. The van der Waals surface area contributed by atoms with E-state index >= 15 is 0 Å². The highest BCUT2D eigenvalue weighted by Crippen LogP contribution is 1.85. The Bertz CT molecular complexity index is 236. The molecule has 0 saturated carbocycles. The molecule has 0 fully saturated rings. The fourth-order valence-electron chi connectivity index (χ4n) is 1.11. The second kappa shape index (κ2) is 14.2. The summed E-state index contributed by atoms with van der Waals surface area (Å²) in [6, 6.07) is 0. The zero-order valence-corrected chi connectivity index (χ0v) is 11.7. The predicted octanol–water partition coefficient (Wildman–Crippen LogP) is -1.20. The van der Waals surface area contributed by atoms with Gasteiger partial charge in [0.05, 0.1) is 52.9 Å². The van der Waals surface area contributed by atoms with Crippen molar-refractivity contribution >= 4 is 11.8 Å². The summed E-state index contributed by atoms with van der Waals surface area (Å²) < 4.78 is 20.7. The quantitative estimate of drug-likeness (QED) is 0.366. The van der Waals surface area contributed by atoms with Gasteiger partial charge in [0, 0.05) is 12.8 Å². The lowest BCUT2D eigenvalue weighted by Gasteiger charge is -2.06. The molecule has 0 aliphatic rings. The van der Waals surface area contributed by atoms with E-state index in [2.05, 4.69) is 0 Å². The summed E-state index contributed by atoms with van der Waals surface area (Å²) in [6.45, 7) is 3.28. The summed E-state index contributed by atoms with van der Waals surface area (Å²) in [5, 5.41) is 0. The first kappa shape index (κ1) is 18.8. The Kier molecular flexibility index (Phi) is 13.3. The molecule has 118 valence electrons. The largest absolute Gasteiger partial charge is 0.379 e. The van der Waals surface area contributed by atoms with Crippen molar-refractivity contribution in [2.75, 3.05) is 52.9 Å². The fraction of sp³-hybridized carbons (Fsp3) is 0.833. The third-order valence-electron chi connectivity index (χ3n) is 2.10. The number of hydrogen-bond donors (Lipinski definition) is 2. The van der Waals surface area contributed by atoms with Crippen molar-refractivity contribution in [3.05, 3.63) is 0 Å². The van der Waals surface area contributed by atoms with Gasteiger partial charge in [0.2, 0.25) is 11.8 Å². The van der Waals surface area contributed by atoms with Crippen molar-refractivity contribution in [2.24, 2.45) is 11.5 Å². The molecule has 0 spiro atoms. The number of primary amides is 2. The molecule has 0 atom stereocenters. The van der Waals surface area contributed by atoms with Crippen LogP contribution in [0.5, 0.6) is 0 Å². The van der Waals surface area contributed by atoms with Crippen molar-refractivity contribution in [3.8, 4) is 0 Å². The molecule has 0 radical (unpaired) electrons. The van der Waals surface area contributed by atoms with Crippen molar-refractivity contribution in [1.82, 2.24) is 0 Å². The molecule has 0 aliphatic carbocycles. The lowest BCUT2D eigenvalue weighted by molar-refractivity contribution is -0.120. The molecule has 2 amide bonds. The molecule has 0 heterocycles. The summed E-state index contributed by atoms with van der Waals surface area (Å²) >= 11 is 0. The Morgan fingerprint density at radius 3 is 1.05 bits per heavy atom. The van der Waals surface area contributed by atoms with Crippen molar-refractivity contribution in [2.45, 2.75) is 12.8 Å². The molecule has 0 unspecified atom stereocenters. The minimum absolute atomic E-state index is 0.221. The number of carbonyl (C=O) groups is 2. The van der Waals surface area contributed by atoms with Crippen LogP contribution >= 0.6 is 0 Å². The molecule has 0 aromatic rings. The lowest BCUT2D eigenvalue weighted by atomic mass is 10.4. The van der Waals surface area contributed by atoms with Gasteiger partial charge in [0.15, 0.2) is 0 Å². The number of hydrogen-bond acceptors (Lipinski definition) is 6. The van der Waals surface area contributed by atoms with E-state index < -0.39 is 0 Å². The number of rotatable bonds is 15. The molecule has 8 heteroatoms. The highest BCUT2D eigenvalue weighted by Gasteiger charge is 1.96. The van der Waals surface area contributed by atoms with E-state index in [1.165, 1.54) is 0 Å². The van der Waals surface area contributed by atoms with E-state index in [9.17, 15) is 9.59 Å². The normalized spacial score (nSPS) is 10.6. The Morgan fingerprint density at radius 1 is 0.550 bits per heavy atom. The van der Waals surface area contributed by atoms with E-state index in [-0.39, 0.29) is 24.7 Å². The lowest BCUT2D eigenvalue weighted by Crippen LogP contribution is -2.16. The Labute approximate surface area is 118 Å². The van der Waals surface area contributed by atoms with E-state index in [0.717, 1.165) is 0 Å². The number of amides is 2. The summed E-state index contributed by atoms with van der Waals surface area (Å²) in [5.41, 5.74) is 9.89. The first-order chi connectivity index (χ1) is 9.63. The van der Waals surface area contributed by atoms with E-state index in [1.807, 2.05) is 0 Å². The number of nitrogens with two attached hydrogens (primary N) is 2. The molecule has 4 N–H and O–H groups in total. The van der Waals surface area contributed by atoms with Crippen molar-refractivity contribution < 1.29 is 28.5 Å². The van der Waals surface area contributed by atoms with Crippen LogP contribution in [0.3, 0.4) is 0 Å². The second-order valence-corrected chi connectivity index (χ2v) is 3.88. The Balaban J connectivity index is 2.99. The maximum Gasteiger partial charge on any atom is 0.219 e. The summed E-state index contributed by atoms with van der Waals surface area (Å²) in [4.78, 5) is 20.8. The SMILES string of the molecule is NC(=O)CCOCCOCCOCCOCCC(N)=O. The molecule has 0 bridgehead atoms. The van der Waals surface area contributed by atoms with Gasteiger partial charge in [0.25, 0.3) is 0 Å². The summed E-state index contributed by atoms with van der Waals surface area (Å²) in [6.07, 6.45) is 0.442. The Hall–Kier alpha value is -1.22. The second-order valence-electron chi connectivity index (χ2n) is 3.88. The molecule has 0 aromatic carbocycles. The van der Waals surface area contributed by atoms with E-state index in [4.69, 9.17) is 30.4 Å². The standard InChI is InChI=1S/C12H24N2O6/c13-11(15)1-3-17-5-7-19-9-10-20-8-6-18-4-2-12(14)16/h1-10H2,(H2,13,15)(H2,14,16). The van der Waals surface area contributed by atoms with Crippen molar-refractivity contribution in [1.29, 1.82) is 0 Å². The monoisotopic (exact) mass is 292 g/mol. The smallest absolute Gasteiger partial charge is 0.219 e. The van der Waals surface area contributed by atoms with Gasteiger partial charge in [-0.05, 0) is 0 Å². The van der Waals surface area contributed by atoms with Gasteiger partial charge in [-0.2, -0.15) is 0 Å². The summed E-state index contributed by atoms with van der Waals surface area (Å²) in [7, 11) is 0. The Morgan fingerprint density at radius 2 is 0.800 bits per heavy atom. The van der Waals surface area contributed by atoms with Gasteiger partial charge >= 0.3 is 0 Å². The van der Waals surface area contributed by atoms with Gasteiger partial charge in [-0.15, -0.1) is 0 Å². The van der Waals surface area contributed by atoms with E-state index in [0.29, 0.717) is 52.9 Å². The van der Waals surface area contributed by atoms with Crippen LogP contribution in [-0.2, 0) is 28.5 Å². The molecule has 8 nitrogen and oxygen atoms in total. The van der Waals surface area contributed by atoms with Crippen LogP contribution in [0, 0.1) is 0 Å². The zero-order chi connectivity index (χ0) is 15.1. The zero-order valence-electron chi connectivity index (χ0n) is 11.7. The van der Waals surface area contributed by atoms with Gasteiger partial charge in [0.1, 0.15) is 0 Å². The van der Waals surface area contributed by atoms with Crippen LogP contribution in [0.2, 0.25) is 0 Å². The number of ether oxygens (including phenoxy) is 4. The molecule has 0 rings (SSSR count). The molecule has 0 saturated heterocycles. The van der Waals surface area contributed by atoms with Crippen LogP contribution in [0.15, 0.2) is 0 Å². The van der Waals surface area contributed by atoms with Crippen LogP contribution < -0.4 is 11.5 Å². The van der Waals surface area contributed by atoms with E-state index in [1.54, 1.807) is 0 Å². The number of carbonyl (C=O) groups excluding carboxylic acids is 2. The molecular weight excluding hydrogens is 268 g/mol. The topological polar surface area (TPSA) is 123 Å². The highest BCUT2D eigenvalue weighted by molar-refractivity contribution is 5.74. The van der Waals surface area contributed by atoms with Crippen LogP contribution in [0.1, 0.15) is 12.8 Å². The van der Waals surface area contributed by atoms with Crippen molar-refractivity contribution in [3.63, 3.8) is 0 Å². The third kappa shape index (κ3) is 16.8. The molecular formula is C12H24N2O6. The molecule has 0 aliphatic heterocycles. The third-order valence-corrected chi connectivity index (χ3v) is 2.10. The maximum atomic E-state index is 10.4. The first-order valence-electron chi connectivity index (χ1n) is 6.50. The van der Waals surface area contributed by atoms with Crippen LogP contribution in [0.4, 0.5) is 0 Å². The van der Waals surface area contributed by atoms with Crippen LogP contribution in [-0.4, -0.2) is 64.7 Å². The average molecular weight is 292 g/mol. The van der Waals surface area contributed by atoms with Gasteiger partial charge in [-0.1, -0.05) is 0 Å². The predicted molar refractivity (Wildman–Crippen MR) is 70.9 cm³/mol. The maximum absolute atomic E-state index is 10.4. The van der Waals surface area contributed by atoms with Gasteiger partial charge in [-0.3, -0.25) is 9.59 Å². The fourth-order valence-corrected chi connectivity index (χ4v) is 1.11. The minimum Gasteiger partial charge on any atom is -0.379 e.